The molecule has 3 aromatic carbocycles. The highest BCUT2D eigenvalue weighted by molar-refractivity contribution is 5.99. The first-order valence-corrected chi connectivity index (χ1v) is 15.2. The minimum atomic E-state index is -0.912. The van der Waals surface area contributed by atoms with E-state index in [1.165, 1.54) is 0 Å². The number of benzene rings is 3. The van der Waals surface area contributed by atoms with Gasteiger partial charge in [0.2, 0.25) is 0 Å². The SMILES string of the molecule is CCCN1CCCCOc2cccc(c2)C[C@@H]([C@H](O)CNC(C)(C)c2cccc(OC)c2)NC(=O)c2cccc(c2)C1=O. The summed E-state index contributed by atoms with van der Waals surface area (Å²) in [4.78, 5) is 28.8. The third kappa shape index (κ3) is 8.81. The maximum Gasteiger partial charge on any atom is 0.253 e. The van der Waals surface area contributed by atoms with E-state index in [4.69, 9.17) is 9.47 Å². The summed E-state index contributed by atoms with van der Waals surface area (Å²) < 4.78 is 11.4. The van der Waals surface area contributed by atoms with Gasteiger partial charge in [0.25, 0.3) is 11.8 Å². The molecule has 0 aliphatic carbocycles. The molecule has 2 amide bonds. The average Bonchev–Trinajstić information content (AvgIpc) is 3.02. The zero-order valence-corrected chi connectivity index (χ0v) is 25.8. The van der Waals surface area contributed by atoms with Crippen LogP contribution in [0.4, 0.5) is 0 Å². The topological polar surface area (TPSA) is 100 Å². The van der Waals surface area contributed by atoms with Gasteiger partial charge in [-0.3, -0.25) is 9.59 Å². The van der Waals surface area contributed by atoms with Crippen LogP contribution >= 0.6 is 0 Å². The van der Waals surface area contributed by atoms with Gasteiger partial charge in [-0.1, -0.05) is 37.3 Å². The fraction of sp³-hybridized carbons (Fsp3) is 0.429. The number of nitrogens with zero attached hydrogens (tertiary/aromatic N) is 1. The van der Waals surface area contributed by atoms with Crippen molar-refractivity contribution < 1.29 is 24.2 Å². The average molecular weight is 588 g/mol. The largest absolute Gasteiger partial charge is 0.497 e. The zero-order valence-electron chi connectivity index (χ0n) is 25.8. The molecule has 1 heterocycles. The van der Waals surface area contributed by atoms with Crippen molar-refractivity contribution in [3.8, 4) is 11.5 Å². The molecule has 0 fully saturated rings. The number of hydrogen-bond donors (Lipinski definition) is 3. The first-order valence-electron chi connectivity index (χ1n) is 15.2. The molecule has 2 atom stereocenters. The van der Waals surface area contributed by atoms with Crippen molar-refractivity contribution in [1.82, 2.24) is 15.5 Å². The number of ether oxygens (including phenoxy) is 2. The lowest BCUT2D eigenvalue weighted by molar-refractivity contribution is 0.0750. The second-order valence-electron chi connectivity index (χ2n) is 11.7. The van der Waals surface area contributed by atoms with E-state index in [9.17, 15) is 14.7 Å². The van der Waals surface area contributed by atoms with Gasteiger partial charge in [-0.2, -0.15) is 0 Å². The summed E-state index contributed by atoms with van der Waals surface area (Å²) >= 11 is 0. The number of carbonyl (C=O) groups excluding carboxylic acids is 2. The number of rotatable bonds is 8. The maximum atomic E-state index is 13.6. The van der Waals surface area contributed by atoms with E-state index < -0.39 is 17.7 Å². The number of fused-ring (bicyclic) bond motifs is 4. The number of amides is 2. The zero-order chi connectivity index (χ0) is 30.8. The van der Waals surface area contributed by atoms with E-state index in [1.807, 2.05) is 74.2 Å². The number of aliphatic hydroxyl groups is 1. The van der Waals surface area contributed by atoms with E-state index in [0.717, 1.165) is 41.9 Å². The van der Waals surface area contributed by atoms with Gasteiger partial charge in [-0.25, -0.2) is 0 Å². The second-order valence-corrected chi connectivity index (χ2v) is 11.7. The van der Waals surface area contributed by atoms with Gasteiger partial charge in [-0.05, 0) is 93.1 Å². The number of carbonyl (C=O) groups is 2. The van der Waals surface area contributed by atoms with Gasteiger partial charge in [0.05, 0.1) is 25.9 Å². The maximum absolute atomic E-state index is 13.6. The molecule has 0 radical (unpaired) electrons. The molecule has 0 saturated carbocycles. The van der Waals surface area contributed by atoms with Crippen molar-refractivity contribution in [2.24, 2.45) is 0 Å². The van der Waals surface area contributed by atoms with E-state index in [-0.39, 0.29) is 18.4 Å². The van der Waals surface area contributed by atoms with Crippen LogP contribution in [0.3, 0.4) is 0 Å². The van der Waals surface area contributed by atoms with Crippen LogP contribution in [0.1, 0.15) is 71.9 Å². The third-order valence-electron chi connectivity index (χ3n) is 7.92. The smallest absolute Gasteiger partial charge is 0.253 e. The molecule has 3 N–H and O–H groups in total. The molecule has 4 bridgehead atoms. The van der Waals surface area contributed by atoms with Crippen molar-refractivity contribution in [3.05, 3.63) is 95.1 Å². The molecule has 0 saturated heterocycles. The predicted octanol–water partition coefficient (Wildman–Crippen LogP) is 4.95. The summed E-state index contributed by atoms with van der Waals surface area (Å²) in [5, 5.41) is 18.0. The minimum absolute atomic E-state index is 0.0889. The predicted molar refractivity (Wildman–Crippen MR) is 169 cm³/mol. The van der Waals surface area contributed by atoms with E-state index in [1.54, 1.807) is 31.4 Å². The Morgan fingerprint density at radius 2 is 1.81 bits per heavy atom. The lowest BCUT2D eigenvalue weighted by Gasteiger charge is -2.31. The van der Waals surface area contributed by atoms with Gasteiger partial charge in [0.15, 0.2) is 0 Å². The summed E-state index contributed by atoms with van der Waals surface area (Å²) in [6.45, 7) is 8.17. The standard InChI is InChI=1S/C35H45N3O5/c1-5-17-38-18-6-7-19-43-30-16-8-11-25(20-30)21-31(37-33(40)26-12-9-13-27(22-26)34(38)41)32(39)24-36-35(2,3)28-14-10-15-29(23-28)42-4/h8-16,20,22-23,31-32,36,39H,5-7,17-19,21,24H2,1-4H3,(H,37,40)/t31-,32+/m0/s1. The molecule has 1 aliphatic rings. The summed E-state index contributed by atoms with van der Waals surface area (Å²) in [5.41, 5.74) is 2.35. The molecule has 0 spiro atoms. The van der Waals surface area contributed by atoms with Gasteiger partial charge >= 0.3 is 0 Å². The lowest BCUT2D eigenvalue weighted by Crippen LogP contribution is -2.51. The number of methoxy groups -OCH3 is 1. The highest BCUT2D eigenvalue weighted by Gasteiger charge is 2.27. The van der Waals surface area contributed by atoms with Gasteiger partial charge in [-0.15, -0.1) is 0 Å². The Balaban J connectivity index is 1.59. The third-order valence-corrected chi connectivity index (χ3v) is 7.92. The van der Waals surface area contributed by atoms with Crippen molar-refractivity contribution in [3.63, 3.8) is 0 Å². The number of nitrogens with one attached hydrogen (secondary N) is 2. The van der Waals surface area contributed by atoms with Crippen molar-refractivity contribution in [1.29, 1.82) is 0 Å². The molecule has 230 valence electrons. The molecule has 8 nitrogen and oxygen atoms in total. The van der Waals surface area contributed by atoms with Crippen LogP contribution in [0, 0.1) is 0 Å². The minimum Gasteiger partial charge on any atom is -0.497 e. The van der Waals surface area contributed by atoms with Crippen LogP contribution in [-0.4, -0.2) is 67.3 Å². The van der Waals surface area contributed by atoms with Crippen LogP contribution < -0.4 is 20.1 Å². The normalized spacial score (nSPS) is 17.4. The Morgan fingerprint density at radius 1 is 1.05 bits per heavy atom. The van der Waals surface area contributed by atoms with E-state index in [0.29, 0.717) is 37.2 Å². The summed E-state index contributed by atoms with van der Waals surface area (Å²) in [6, 6.07) is 21.8. The van der Waals surface area contributed by atoms with Gasteiger partial charge in [0, 0.05) is 36.3 Å². The van der Waals surface area contributed by atoms with Gasteiger partial charge in [0.1, 0.15) is 11.5 Å². The Hall–Kier alpha value is -3.88. The van der Waals surface area contributed by atoms with Crippen LogP contribution in [0.5, 0.6) is 11.5 Å². The van der Waals surface area contributed by atoms with Crippen molar-refractivity contribution in [2.45, 2.75) is 64.1 Å². The van der Waals surface area contributed by atoms with Crippen LogP contribution in [0.25, 0.3) is 0 Å². The fourth-order valence-electron chi connectivity index (χ4n) is 5.32. The highest BCUT2D eigenvalue weighted by atomic mass is 16.5. The number of aliphatic hydroxyl groups excluding tert-OH is 1. The molecule has 0 unspecified atom stereocenters. The molecular weight excluding hydrogens is 542 g/mol. The van der Waals surface area contributed by atoms with Crippen LogP contribution in [0.2, 0.25) is 0 Å². The fourth-order valence-corrected chi connectivity index (χ4v) is 5.32. The molecule has 43 heavy (non-hydrogen) atoms. The Bertz CT molecular complexity index is 1370. The molecule has 0 aromatic heterocycles. The first-order chi connectivity index (χ1) is 20.7. The highest BCUT2D eigenvalue weighted by Crippen LogP contribution is 2.24. The Morgan fingerprint density at radius 3 is 2.60 bits per heavy atom. The van der Waals surface area contributed by atoms with Crippen LogP contribution in [0.15, 0.2) is 72.8 Å². The van der Waals surface area contributed by atoms with Crippen molar-refractivity contribution in [2.75, 3.05) is 33.4 Å². The number of hydrogen-bond acceptors (Lipinski definition) is 6. The summed E-state index contributed by atoms with van der Waals surface area (Å²) in [7, 11) is 1.64. The van der Waals surface area contributed by atoms with E-state index >= 15 is 0 Å². The molecular formula is C35H45N3O5. The Labute approximate surface area is 255 Å². The molecule has 8 heteroatoms. The molecule has 3 aromatic rings. The monoisotopic (exact) mass is 587 g/mol. The molecule has 4 rings (SSSR count). The van der Waals surface area contributed by atoms with Gasteiger partial charge < -0.3 is 30.1 Å². The molecule has 1 aliphatic heterocycles. The first kappa shape index (κ1) is 32.0. The summed E-state index contributed by atoms with van der Waals surface area (Å²) in [6.07, 6.45) is 1.96. The van der Waals surface area contributed by atoms with E-state index in [2.05, 4.69) is 10.6 Å². The Kier molecular flexibility index (Phi) is 11.2. The summed E-state index contributed by atoms with van der Waals surface area (Å²) in [5.74, 6) is 1.07. The van der Waals surface area contributed by atoms with Crippen LogP contribution in [-0.2, 0) is 12.0 Å². The van der Waals surface area contributed by atoms with Crippen molar-refractivity contribution >= 4 is 11.8 Å². The quantitative estimate of drug-likeness (QED) is 0.345. The lowest BCUT2D eigenvalue weighted by atomic mass is 9.93. The second kappa shape index (κ2) is 15.0.